The summed E-state index contributed by atoms with van der Waals surface area (Å²) in [6, 6.07) is 16.8. The summed E-state index contributed by atoms with van der Waals surface area (Å²) >= 11 is 0. The first kappa shape index (κ1) is 19.6. The lowest BCUT2D eigenvalue weighted by atomic mass is 10.1. The molecule has 0 radical (unpaired) electrons. The number of nitrogens with zero attached hydrogens (tertiary/aromatic N) is 2. The van der Waals surface area contributed by atoms with E-state index in [1.165, 1.54) is 0 Å². The van der Waals surface area contributed by atoms with Gasteiger partial charge in [-0.3, -0.25) is 14.6 Å². The molecule has 1 aliphatic rings. The molecule has 0 spiro atoms. The van der Waals surface area contributed by atoms with Crippen LogP contribution in [0.4, 0.5) is 0 Å². The minimum absolute atomic E-state index is 0.135. The molecule has 2 heterocycles. The molecular formula is C24H23N3O3. The van der Waals surface area contributed by atoms with E-state index in [0.29, 0.717) is 30.0 Å². The van der Waals surface area contributed by atoms with Crippen molar-refractivity contribution in [1.82, 2.24) is 9.88 Å². The molecule has 0 atom stereocenters. The molecule has 0 aliphatic carbocycles. The molecule has 2 amide bonds. The number of primary amides is 1. The Balaban J connectivity index is 1.59. The highest BCUT2D eigenvalue weighted by Crippen LogP contribution is 2.30. The Bertz CT molecular complexity index is 1080. The number of aromatic nitrogens is 1. The van der Waals surface area contributed by atoms with E-state index in [2.05, 4.69) is 4.98 Å². The van der Waals surface area contributed by atoms with Gasteiger partial charge in [-0.2, -0.15) is 0 Å². The van der Waals surface area contributed by atoms with Crippen molar-refractivity contribution < 1.29 is 14.3 Å². The number of hydrogen-bond donors (Lipinski definition) is 1. The Morgan fingerprint density at radius 2 is 1.87 bits per heavy atom. The van der Waals surface area contributed by atoms with Crippen LogP contribution in [0.15, 0.2) is 60.8 Å². The standard InChI is InChI=1S/C24H23N3O3/c1-16-4-5-19(14-26-16)17-8-10-21(11-9-17)30-22-13-18(24(25)29)6-7-20(22)15-27-12-2-3-23(27)28/h4-11,13-14H,2-3,12,15H2,1H3,(H2,25,29). The zero-order valence-electron chi connectivity index (χ0n) is 16.8. The quantitative estimate of drug-likeness (QED) is 0.675. The van der Waals surface area contributed by atoms with Crippen molar-refractivity contribution >= 4 is 11.8 Å². The lowest BCUT2D eigenvalue weighted by molar-refractivity contribution is -0.128. The molecule has 2 N–H and O–H groups in total. The molecule has 1 aromatic heterocycles. The summed E-state index contributed by atoms with van der Waals surface area (Å²) in [5.74, 6) is 0.770. The predicted octanol–water partition coefficient (Wildman–Crippen LogP) is 4.07. The molecule has 3 aromatic rings. The van der Waals surface area contributed by atoms with Crippen LogP contribution < -0.4 is 10.5 Å². The maximum Gasteiger partial charge on any atom is 0.248 e. The minimum atomic E-state index is -0.522. The van der Waals surface area contributed by atoms with Crippen LogP contribution in [0.2, 0.25) is 0 Å². The van der Waals surface area contributed by atoms with E-state index in [1.807, 2.05) is 49.5 Å². The number of hydrogen-bond acceptors (Lipinski definition) is 4. The zero-order valence-corrected chi connectivity index (χ0v) is 16.8. The van der Waals surface area contributed by atoms with Crippen LogP contribution in [0.25, 0.3) is 11.1 Å². The lowest BCUT2D eigenvalue weighted by Crippen LogP contribution is -2.24. The average molecular weight is 401 g/mol. The van der Waals surface area contributed by atoms with Crippen molar-refractivity contribution in [2.75, 3.05) is 6.54 Å². The average Bonchev–Trinajstić information content (AvgIpc) is 3.15. The fraction of sp³-hybridized carbons (Fsp3) is 0.208. The van der Waals surface area contributed by atoms with Gasteiger partial charge in [-0.25, -0.2) is 0 Å². The van der Waals surface area contributed by atoms with Crippen molar-refractivity contribution in [2.45, 2.75) is 26.3 Å². The minimum Gasteiger partial charge on any atom is -0.457 e. The molecular weight excluding hydrogens is 378 g/mol. The first-order chi connectivity index (χ1) is 14.5. The SMILES string of the molecule is Cc1ccc(-c2ccc(Oc3cc(C(N)=O)ccc3CN3CCCC3=O)cc2)cn1. The molecule has 4 rings (SSSR count). The van der Waals surface area contributed by atoms with Crippen molar-refractivity contribution in [3.05, 3.63) is 77.6 Å². The van der Waals surface area contributed by atoms with Gasteiger partial charge in [-0.05, 0) is 49.2 Å². The van der Waals surface area contributed by atoms with Crippen LogP contribution in [0.3, 0.4) is 0 Å². The number of amides is 2. The van der Waals surface area contributed by atoms with Gasteiger partial charge in [-0.15, -0.1) is 0 Å². The van der Waals surface area contributed by atoms with E-state index in [1.54, 1.807) is 23.1 Å². The number of likely N-dealkylation sites (tertiary alicyclic amines) is 1. The highest BCUT2D eigenvalue weighted by molar-refractivity contribution is 5.93. The third-order valence-electron chi connectivity index (χ3n) is 5.21. The molecule has 30 heavy (non-hydrogen) atoms. The maximum absolute atomic E-state index is 12.0. The van der Waals surface area contributed by atoms with Gasteiger partial charge in [0.05, 0.1) is 0 Å². The topological polar surface area (TPSA) is 85.5 Å². The fourth-order valence-corrected chi connectivity index (χ4v) is 3.49. The highest BCUT2D eigenvalue weighted by Gasteiger charge is 2.22. The van der Waals surface area contributed by atoms with Crippen LogP contribution in [0.1, 0.15) is 34.5 Å². The number of rotatable bonds is 6. The summed E-state index contributed by atoms with van der Waals surface area (Å²) in [5.41, 5.74) is 9.67. The third kappa shape index (κ3) is 4.33. The number of benzene rings is 2. The Hall–Kier alpha value is -3.67. The van der Waals surface area contributed by atoms with Gasteiger partial charge in [0.1, 0.15) is 11.5 Å². The summed E-state index contributed by atoms with van der Waals surface area (Å²) in [4.78, 5) is 29.8. The number of carbonyl (C=O) groups excluding carboxylic acids is 2. The Morgan fingerprint density at radius 3 is 2.50 bits per heavy atom. The number of aryl methyl sites for hydroxylation is 1. The molecule has 1 saturated heterocycles. The second kappa shape index (κ2) is 8.37. The van der Waals surface area contributed by atoms with Crippen molar-refractivity contribution in [1.29, 1.82) is 0 Å². The largest absolute Gasteiger partial charge is 0.457 e. The molecule has 0 unspecified atom stereocenters. The molecule has 1 fully saturated rings. The summed E-state index contributed by atoms with van der Waals surface area (Å²) in [6.45, 7) is 3.13. The predicted molar refractivity (Wildman–Crippen MR) is 114 cm³/mol. The molecule has 6 heteroatoms. The third-order valence-corrected chi connectivity index (χ3v) is 5.21. The monoisotopic (exact) mass is 401 g/mol. The Kier molecular flexibility index (Phi) is 5.48. The van der Waals surface area contributed by atoms with Gasteiger partial charge >= 0.3 is 0 Å². The molecule has 152 valence electrons. The maximum atomic E-state index is 12.0. The van der Waals surface area contributed by atoms with E-state index in [4.69, 9.17) is 10.5 Å². The number of nitrogens with two attached hydrogens (primary N) is 1. The van der Waals surface area contributed by atoms with E-state index in [0.717, 1.165) is 35.3 Å². The first-order valence-electron chi connectivity index (χ1n) is 9.91. The van der Waals surface area contributed by atoms with Gasteiger partial charge in [0.25, 0.3) is 0 Å². The van der Waals surface area contributed by atoms with Crippen LogP contribution in [-0.4, -0.2) is 28.2 Å². The van der Waals surface area contributed by atoms with Gasteiger partial charge in [-0.1, -0.05) is 24.3 Å². The van der Waals surface area contributed by atoms with Crippen molar-refractivity contribution in [3.63, 3.8) is 0 Å². The normalized spacial score (nSPS) is 13.5. The van der Waals surface area contributed by atoms with Crippen LogP contribution >= 0.6 is 0 Å². The second-order valence-corrected chi connectivity index (χ2v) is 7.42. The van der Waals surface area contributed by atoms with Gasteiger partial charge in [0.15, 0.2) is 0 Å². The summed E-state index contributed by atoms with van der Waals surface area (Å²) in [5, 5.41) is 0. The molecule has 2 aromatic carbocycles. The van der Waals surface area contributed by atoms with Crippen molar-refractivity contribution in [2.24, 2.45) is 5.73 Å². The van der Waals surface area contributed by atoms with Gasteiger partial charge in [0, 0.05) is 48.1 Å². The first-order valence-corrected chi connectivity index (χ1v) is 9.91. The van der Waals surface area contributed by atoms with E-state index in [9.17, 15) is 9.59 Å². The second-order valence-electron chi connectivity index (χ2n) is 7.42. The smallest absolute Gasteiger partial charge is 0.248 e. The molecule has 6 nitrogen and oxygen atoms in total. The molecule has 0 saturated carbocycles. The van der Waals surface area contributed by atoms with E-state index >= 15 is 0 Å². The zero-order chi connectivity index (χ0) is 21.1. The summed E-state index contributed by atoms with van der Waals surface area (Å²) < 4.78 is 6.09. The summed E-state index contributed by atoms with van der Waals surface area (Å²) in [7, 11) is 0. The van der Waals surface area contributed by atoms with Crippen LogP contribution in [0, 0.1) is 6.92 Å². The Morgan fingerprint density at radius 1 is 1.10 bits per heavy atom. The number of ether oxygens (including phenoxy) is 1. The van der Waals surface area contributed by atoms with Crippen molar-refractivity contribution in [3.8, 4) is 22.6 Å². The Labute approximate surface area is 175 Å². The van der Waals surface area contributed by atoms with Gasteiger partial charge < -0.3 is 15.4 Å². The van der Waals surface area contributed by atoms with Crippen LogP contribution in [-0.2, 0) is 11.3 Å². The van der Waals surface area contributed by atoms with E-state index in [-0.39, 0.29) is 5.91 Å². The molecule has 1 aliphatic heterocycles. The number of pyridine rings is 1. The molecule has 0 bridgehead atoms. The number of carbonyl (C=O) groups is 2. The highest BCUT2D eigenvalue weighted by atomic mass is 16.5. The summed E-state index contributed by atoms with van der Waals surface area (Å²) in [6.07, 6.45) is 3.28. The van der Waals surface area contributed by atoms with E-state index < -0.39 is 5.91 Å². The lowest BCUT2D eigenvalue weighted by Gasteiger charge is -2.19. The fourth-order valence-electron chi connectivity index (χ4n) is 3.49. The van der Waals surface area contributed by atoms with Gasteiger partial charge in [0.2, 0.25) is 11.8 Å². The van der Waals surface area contributed by atoms with Crippen LogP contribution in [0.5, 0.6) is 11.5 Å².